The van der Waals surface area contributed by atoms with E-state index in [2.05, 4.69) is 216 Å². The van der Waals surface area contributed by atoms with Crippen molar-refractivity contribution in [2.45, 2.75) is 12.5 Å². The maximum Gasteiger partial charge on any atom is 0.181 e. The largest absolute Gasteiger partial charge is 0.456 e. The second kappa shape index (κ2) is 13.0. The van der Waals surface area contributed by atoms with Crippen molar-refractivity contribution in [3.63, 3.8) is 0 Å². The first-order chi connectivity index (χ1) is 28.8. The highest BCUT2D eigenvalue weighted by molar-refractivity contribution is 7.20. The summed E-state index contributed by atoms with van der Waals surface area (Å²) in [5, 5.41) is 10.1. The molecule has 2 aliphatic rings. The zero-order valence-corrected chi connectivity index (χ0v) is 32.8. The van der Waals surface area contributed by atoms with Crippen molar-refractivity contribution in [2.75, 3.05) is 4.90 Å². The summed E-state index contributed by atoms with van der Waals surface area (Å²) < 4.78 is 8.91. The molecule has 8 aromatic carbocycles. The summed E-state index contributed by atoms with van der Waals surface area (Å²) in [4.78, 5) is 2.64. The highest BCUT2D eigenvalue weighted by atomic mass is 28.3. The lowest BCUT2D eigenvalue weighted by molar-refractivity contribution is 0.669. The molecule has 58 heavy (non-hydrogen) atoms. The minimum atomic E-state index is -3.06. The summed E-state index contributed by atoms with van der Waals surface area (Å²) in [5.74, 6) is 0. The Morgan fingerprint density at radius 2 is 1.14 bits per heavy atom. The number of anilines is 2. The highest BCUT2D eigenvalue weighted by Crippen LogP contribution is 2.47. The Hall–Kier alpha value is -7.14. The van der Waals surface area contributed by atoms with Crippen LogP contribution in [0.5, 0.6) is 0 Å². The number of para-hydroxylation sites is 4. The van der Waals surface area contributed by atoms with Gasteiger partial charge in [0, 0.05) is 44.2 Å². The predicted molar refractivity (Wildman–Crippen MR) is 246 cm³/mol. The number of benzene rings is 8. The van der Waals surface area contributed by atoms with Gasteiger partial charge >= 0.3 is 0 Å². The molecule has 0 saturated heterocycles. The molecule has 3 heterocycles. The lowest BCUT2D eigenvalue weighted by atomic mass is 9.96. The van der Waals surface area contributed by atoms with Gasteiger partial charge in [-0.3, -0.25) is 0 Å². The molecule has 0 radical (unpaired) electrons. The maximum absolute atomic E-state index is 6.43. The number of aromatic nitrogens is 1. The molecule has 1 aliphatic heterocycles. The number of nitrogens with zero attached hydrogens (tertiary/aromatic N) is 2. The van der Waals surface area contributed by atoms with Crippen LogP contribution in [-0.2, 0) is 0 Å². The first-order valence-electron chi connectivity index (χ1n) is 20.2. The van der Waals surface area contributed by atoms with Crippen molar-refractivity contribution in [1.82, 2.24) is 4.57 Å². The average molecular weight is 759 g/mol. The topological polar surface area (TPSA) is 21.3 Å². The Balaban J connectivity index is 1.18. The van der Waals surface area contributed by atoms with Crippen molar-refractivity contribution < 1.29 is 4.42 Å². The van der Waals surface area contributed by atoms with Gasteiger partial charge in [-0.2, -0.15) is 0 Å². The summed E-state index contributed by atoms with van der Waals surface area (Å²) in [6.07, 6.45) is 7.87. The van der Waals surface area contributed by atoms with Gasteiger partial charge in [-0.15, -0.1) is 0 Å². The lowest BCUT2D eigenvalue weighted by Crippen LogP contribution is -2.75. The number of hydrogen-bond acceptors (Lipinski definition) is 2. The standard InChI is InChI=1S/C54H38N2OSi/c1-4-18-37(19-5-1)56-49-31-14-10-26-42(49)45-29-17-33-53(54(45)56)58(39-21-6-2-7-22-39,40-23-8-3-9-24-40)41-25-16-20-38(34-41)55-48-30-13-11-27-43(48)46-36-52-47(35-50(46)55)44-28-12-15-32-51(44)57-52/h1-30,32-36,49H,31H2. The second-order valence-corrected chi connectivity index (χ2v) is 19.3. The molecule has 0 bridgehead atoms. The van der Waals surface area contributed by atoms with Gasteiger partial charge in [-0.05, 0) is 81.3 Å². The van der Waals surface area contributed by atoms with Crippen molar-refractivity contribution in [3.05, 3.63) is 218 Å². The number of allylic oxidation sites excluding steroid dienone is 2. The Morgan fingerprint density at radius 3 is 1.93 bits per heavy atom. The summed E-state index contributed by atoms with van der Waals surface area (Å²) in [5.41, 5.74) is 10.6. The van der Waals surface area contributed by atoms with Crippen LogP contribution in [0.1, 0.15) is 12.0 Å². The molecule has 1 atom stereocenters. The lowest BCUT2D eigenvalue weighted by Gasteiger charge is -2.38. The van der Waals surface area contributed by atoms with Crippen LogP contribution >= 0.6 is 0 Å². The second-order valence-electron chi connectivity index (χ2n) is 15.6. The van der Waals surface area contributed by atoms with Gasteiger partial charge in [0.15, 0.2) is 8.07 Å². The van der Waals surface area contributed by atoms with Crippen LogP contribution in [-0.4, -0.2) is 18.7 Å². The molecule has 0 saturated carbocycles. The molecule has 1 aliphatic carbocycles. The number of hydrogen-bond donors (Lipinski definition) is 0. The van der Waals surface area contributed by atoms with E-state index in [-0.39, 0.29) is 6.04 Å². The zero-order valence-electron chi connectivity index (χ0n) is 31.8. The SMILES string of the molecule is C1=CCC2C(=C1)c1cccc([Si](c3ccccc3)(c3ccccc3)c3cccc(-n4c5ccccc5c5cc6oc7ccccc7c6cc54)c3)c1N2c1ccccc1. The Bertz CT molecular complexity index is 3230. The fraction of sp³-hybridized carbons (Fsp3) is 0.0370. The van der Waals surface area contributed by atoms with E-state index in [0.29, 0.717) is 0 Å². The van der Waals surface area contributed by atoms with E-state index in [1.807, 2.05) is 6.07 Å². The average Bonchev–Trinajstić information content (AvgIpc) is 3.95. The van der Waals surface area contributed by atoms with Crippen LogP contribution in [0, 0.1) is 0 Å². The molecule has 2 aromatic heterocycles. The molecular formula is C54H38N2OSi. The molecule has 0 spiro atoms. The fourth-order valence-electron chi connectivity index (χ4n) is 10.2. The van der Waals surface area contributed by atoms with Gasteiger partial charge in [0.2, 0.25) is 0 Å². The van der Waals surface area contributed by atoms with Crippen molar-refractivity contribution in [1.29, 1.82) is 0 Å². The minimum Gasteiger partial charge on any atom is -0.456 e. The number of rotatable bonds is 6. The smallest absolute Gasteiger partial charge is 0.181 e. The number of fused-ring (bicyclic) bond motifs is 9. The quantitative estimate of drug-likeness (QED) is 0.124. The molecular weight excluding hydrogens is 721 g/mol. The van der Waals surface area contributed by atoms with Gasteiger partial charge in [-0.1, -0.05) is 164 Å². The van der Waals surface area contributed by atoms with E-state index in [1.54, 1.807) is 0 Å². The number of furan rings is 1. The monoisotopic (exact) mass is 758 g/mol. The Morgan fingerprint density at radius 1 is 0.483 bits per heavy atom. The van der Waals surface area contributed by atoms with Gasteiger partial charge in [0.1, 0.15) is 11.2 Å². The molecule has 12 rings (SSSR count). The van der Waals surface area contributed by atoms with Crippen LogP contribution in [0.4, 0.5) is 11.4 Å². The van der Waals surface area contributed by atoms with Crippen LogP contribution in [0.15, 0.2) is 217 Å². The Kier molecular flexibility index (Phi) is 7.38. The zero-order chi connectivity index (χ0) is 38.2. The molecule has 0 amide bonds. The third-order valence-electron chi connectivity index (χ3n) is 12.6. The molecule has 4 heteroatoms. The van der Waals surface area contributed by atoms with Crippen LogP contribution in [0.25, 0.3) is 55.0 Å². The fourth-order valence-corrected chi connectivity index (χ4v) is 15.2. The molecule has 3 nitrogen and oxygen atoms in total. The maximum atomic E-state index is 6.43. The summed E-state index contributed by atoms with van der Waals surface area (Å²) >= 11 is 0. The van der Waals surface area contributed by atoms with Gasteiger partial charge in [-0.25, -0.2) is 0 Å². The molecule has 0 fully saturated rings. The van der Waals surface area contributed by atoms with Crippen LogP contribution in [0.2, 0.25) is 0 Å². The molecule has 1 unspecified atom stereocenters. The first kappa shape index (κ1) is 33.0. The first-order valence-corrected chi connectivity index (χ1v) is 22.2. The van der Waals surface area contributed by atoms with E-state index < -0.39 is 8.07 Å². The van der Waals surface area contributed by atoms with Gasteiger partial charge < -0.3 is 13.9 Å². The van der Waals surface area contributed by atoms with Crippen LogP contribution < -0.4 is 25.6 Å². The molecule has 274 valence electrons. The van der Waals surface area contributed by atoms with Crippen molar-refractivity contribution in [2.24, 2.45) is 0 Å². The van der Waals surface area contributed by atoms with Crippen LogP contribution in [0.3, 0.4) is 0 Å². The Labute approximate surface area is 338 Å². The molecule has 0 N–H and O–H groups in total. The van der Waals surface area contributed by atoms with E-state index in [4.69, 9.17) is 4.42 Å². The van der Waals surface area contributed by atoms with E-state index in [9.17, 15) is 0 Å². The predicted octanol–water partition coefficient (Wildman–Crippen LogP) is 10.9. The van der Waals surface area contributed by atoms with Crippen molar-refractivity contribution in [3.8, 4) is 5.69 Å². The van der Waals surface area contributed by atoms with E-state index in [1.165, 1.54) is 65.1 Å². The third-order valence-corrected chi connectivity index (χ3v) is 17.4. The third kappa shape index (κ3) is 4.73. The van der Waals surface area contributed by atoms with E-state index >= 15 is 0 Å². The highest BCUT2D eigenvalue weighted by Gasteiger charge is 2.47. The summed E-state index contributed by atoms with van der Waals surface area (Å²) in [7, 11) is -3.06. The summed E-state index contributed by atoms with van der Waals surface area (Å²) in [6, 6.07) is 72.3. The summed E-state index contributed by atoms with van der Waals surface area (Å²) in [6.45, 7) is 0. The normalized spacial score (nSPS) is 15.0. The van der Waals surface area contributed by atoms with Gasteiger partial charge in [0.25, 0.3) is 0 Å². The van der Waals surface area contributed by atoms with Crippen molar-refractivity contribution >= 4 is 89.5 Å². The molecule has 10 aromatic rings. The minimum absolute atomic E-state index is 0.224. The van der Waals surface area contributed by atoms with E-state index in [0.717, 1.165) is 34.0 Å². The van der Waals surface area contributed by atoms with Gasteiger partial charge in [0.05, 0.1) is 17.1 Å².